The smallest absolute Gasteiger partial charge is 0.259 e. The van der Waals surface area contributed by atoms with Crippen LogP contribution >= 0.6 is 0 Å². The summed E-state index contributed by atoms with van der Waals surface area (Å²) in [5.74, 6) is -0.857. The lowest BCUT2D eigenvalue weighted by Crippen LogP contribution is -2.15. The van der Waals surface area contributed by atoms with Crippen molar-refractivity contribution in [1.29, 1.82) is 0 Å². The van der Waals surface area contributed by atoms with E-state index in [0.717, 1.165) is 5.56 Å². The molecule has 92 valence electrons. The van der Waals surface area contributed by atoms with Crippen molar-refractivity contribution in [2.75, 3.05) is 11.1 Å². The third-order valence-electron chi connectivity index (χ3n) is 2.45. The molecule has 0 aliphatic heterocycles. The van der Waals surface area contributed by atoms with Crippen LogP contribution in [0.25, 0.3) is 0 Å². The quantitative estimate of drug-likeness (QED) is 0.853. The molecule has 0 unspecified atom stereocenters. The Kier molecular flexibility index (Phi) is 3.23. The molecule has 0 atom stereocenters. The fraction of sp³-hybridized carbons (Fsp3) is 0.0769. The fourth-order valence-electron chi connectivity index (χ4n) is 1.53. The van der Waals surface area contributed by atoms with Gasteiger partial charge in [-0.05, 0) is 36.8 Å². The van der Waals surface area contributed by atoms with E-state index < -0.39 is 11.7 Å². The van der Waals surface area contributed by atoms with Gasteiger partial charge < -0.3 is 11.1 Å². The molecule has 5 heteroatoms. The highest BCUT2D eigenvalue weighted by Crippen LogP contribution is 2.17. The van der Waals surface area contributed by atoms with Gasteiger partial charge >= 0.3 is 0 Å². The highest BCUT2D eigenvalue weighted by molar-refractivity contribution is 6.07. The molecular weight excluding hydrogens is 233 g/mol. The van der Waals surface area contributed by atoms with Gasteiger partial charge in [0.2, 0.25) is 0 Å². The minimum Gasteiger partial charge on any atom is -0.383 e. The zero-order chi connectivity index (χ0) is 13.1. The van der Waals surface area contributed by atoms with Crippen LogP contribution in [-0.2, 0) is 0 Å². The van der Waals surface area contributed by atoms with Crippen LogP contribution in [0.5, 0.6) is 0 Å². The van der Waals surface area contributed by atoms with Crippen LogP contribution in [0.1, 0.15) is 15.9 Å². The number of amides is 1. The maximum Gasteiger partial charge on any atom is 0.259 e. The maximum atomic E-state index is 13.5. The van der Waals surface area contributed by atoms with Crippen molar-refractivity contribution in [3.8, 4) is 0 Å². The van der Waals surface area contributed by atoms with Gasteiger partial charge in [0, 0.05) is 6.20 Å². The second-order valence-corrected chi connectivity index (χ2v) is 3.87. The summed E-state index contributed by atoms with van der Waals surface area (Å²) in [5, 5.41) is 2.47. The standard InChI is InChI=1S/C13H12FN3O/c1-8-4-5-10(14)11(7-8)17-13(18)9-3-2-6-16-12(9)15/h2-7H,1H3,(H2,15,16)(H,17,18). The van der Waals surface area contributed by atoms with Crippen LogP contribution in [0.4, 0.5) is 15.9 Å². The Balaban J connectivity index is 2.27. The molecule has 0 radical (unpaired) electrons. The minimum absolute atomic E-state index is 0.114. The molecule has 4 nitrogen and oxygen atoms in total. The largest absolute Gasteiger partial charge is 0.383 e. The molecule has 18 heavy (non-hydrogen) atoms. The molecule has 0 saturated heterocycles. The zero-order valence-corrected chi connectivity index (χ0v) is 9.77. The Morgan fingerprint density at radius 3 is 2.89 bits per heavy atom. The van der Waals surface area contributed by atoms with Crippen molar-refractivity contribution in [3.63, 3.8) is 0 Å². The first-order chi connectivity index (χ1) is 8.58. The van der Waals surface area contributed by atoms with E-state index in [-0.39, 0.29) is 17.1 Å². The molecule has 1 aromatic heterocycles. The number of nitrogens with zero attached hydrogens (tertiary/aromatic N) is 1. The third kappa shape index (κ3) is 2.45. The van der Waals surface area contributed by atoms with Crippen molar-refractivity contribution < 1.29 is 9.18 Å². The molecule has 0 spiro atoms. The van der Waals surface area contributed by atoms with E-state index in [0.29, 0.717) is 0 Å². The molecule has 0 saturated carbocycles. The Morgan fingerprint density at radius 2 is 2.17 bits per heavy atom. The highest BCUT2D eigenvalue weighted by Gasteiger charge is 2.12. The average Bonchev–Trinajstić information content (AvgIpc) is 2.34. The number of nitrogen functional groups attached to an aromatic ring is 1. The predicted molar refractivity (Wildman–Crippen MR) is 67.7 cm³/mol. The van der Waals surface area contributed by atoms with Gasteiger partial charge in [-0.3, -0.25) is 4.79 Å². The fourth-order valence-corrected chi connectivity index (χ4v) is 1.53. The lowest BCUT2D eigenvalue weighted by molar-refractivity contribution is 0.102. The third-order valence-corrected chi connectivity index (χ3v) is 2.45. The Morgan fingerprint density at radius 1 is 1.39 bits per heavy atom. The van der Waals surface area contributed by atoms with E-state index in [1.165, 1.54) is 18.3 Å². The van der Waals surface area contributed by atoms with Crippen molar-refractivity contribution in [2.45, 2.75) is 6.92 Å². The van der Waals surface area contributed by atoms with Gasteiger partial charge in [-0.15, -0.1) is 0 Å². The molecule has 0 fully saturated rings. The summed E-state index contributed by atoms with van der Waals surface area (Å²) in [4.78, 5) is 15.7. The topological polar surface area (TPSA) is 68.0 Å². The van der Waals surface area contributed by atoms with E-state index in [9.17, 15) is 9.18 Å². The Bertz CT molecular complexity index is 599. The number of nitrogens with two attached hydrogens (primary N) is 1. The van der Waals surface area contributed by atoms with E-state index in [1.807, 2.05) is 6.92 Å². The minimum atomic E-state index is -0.489. The van der Waals surface area contributed by atoms with Gasteiger partial charge in [-0.25, -0.2) is 9.37 Å². The molecule has 0 bridgehead atoms. The molecule has 1 aromatic carbocycles. The number of hydrogen-bond acceptors (Lipinski definition) is 3. The Labute approximate surface area is 104 Å². The SMILES string of the molecule is Cc1ccc(F)c(NC(=O)c2cccnc2N)c1. The second-order valence-electron chi connectivity index (χ2n) is 3.87. The van der Waals surface area contributed by atoms with Crippen LogP contribution in [0, 0.1) is 12.7 Å². The van der Waals surface area contributed by atoms with E-state index in [2.05, 4.69) is 10.3 Å². The van der Waals surface area contributed by atoms with Gasteiger partial charge in [0.1, 0.15) is 11.6 Å². The van der Waals surface area contributed by atoms with Crippen molar-refractivity contribution in [3.05, 3.63) is 53.5 Å². The van der Waals surface area contributed by atoms with Crippen molar-refractivity contribution in [1.82, 2.24) is 4.98 Å². The number of halogens is 1. The van der Waals surface area contributed by atoms with Crippen LogP contribution in [-0.4, -0.2) is 10.9 Å². The number of benzene rings is 1. The lowest BCUT2D eigenvalue weighted by atomic mass is 10.2. The van der Waals surface area contributed by atoms with E-state index >= 15 is 0 Å². The van der Waals surface area contributed by atoms with Crippen LogP contribution in [0.3, 0.4) is 0 Å². The number of rotatable bonds is 2. The van der Waals surface area contributed by atoms with Gasteiger partial charge in [-0.2, -0.15) is 0 Å². The summed E-state index contributed by atoms with van der Waals surface area (Å²) in [6, 6.07) is 7.62. The summed E-state index contributed by atoms with van der Waals surface area (Å²) in [5.41, 5.74) is 6.78. The summed E-state index contributed by atoms with van der Waals surface area (Å²) in [7, 11) is 0. The molecular formula is C13H12FN3O. The van der Waals surface area contributed by atoms with Crippen molar-refractivity contribution in [2.24, 2.45) is 0 Å². The molecule has 1 heterocycles. The van der Waals surface area contributed by atoms with Gasteiger partial charge in [0.25, 0.3) is 5.91 Å². The first-order valence-electron chi connectivity index (χ1n) is 5.36. The summed E-state index contributed by atoms with van der Waals surface area (Å²) >= 11 is 0. The lowest BCUT2D eigenvalue weighted by Gasteiger charge is -2.08. The number of hydrogen-bond donors (Lipinski definition) is 2. The first-order valence-corrected chi connectivity index (χ1v) is 5.36. The summed E-state index contributed by atoms with van der Waals surface area (Å²) < 4.78 is 13.5. The Hall–Kier alpha value is -2.43. The van der Waals surface area contributed by atoms with Crippen LogP contribution < -0.4 is 11.1 Å². The first kappa shape index (κ1) is 12.0. The molecule has 0 aliphatic rings. The second kappa shape index (κ2) is 4.83. The number of pyridine rings is 1. The zero-order valence-electron chi connectivity index (χ0n) is 9.77. The average molecular weight is 245 g/mol. The number of aromatic nitrogens is 1. The number of nitrogens with one attached hydrogen (secondary N) is 1. The molecule has 3 N–H and O–H groups in total. The maximum absolute atomic E-state index is 13.5. The number of carbonyl (C=O) groups is 1. The predicted octanol–water partition coefficient (Wildman–Crippen LogP) is 2.36. The number of anilines is 2. The van der Waals surface area contributed by atoms with Gasteiger partial charge in [0.15, 0.2) is 0 Å². The van der Waals surface area contributed by atoms with Gasteiger partial charge in [0.05, 0.1) is 11.3 Å². The number of carbonyl (C=O) groups excluding carboxylic acids is 1. The molecule has 1 amide bonds. The summed E-state index contributed by atoms with van der Waals surface area (Å²) in [6.45, 7) is 1.81. The molecule has 2 rings (SSSR count). The van der Waals surface area contributed by atoms with Crippen molar-refractivity contribution >= 4 is 17.4 Å². The molecule has 0 aliphatic carbocycles. The van der Waals surface area contributed by atoms with Gasteiger partial charge in [-0.1, -0.05) is 6.07 Å². The number of aryl methyl sites for hydroxylation is 1. The molecule has 2 aromatic rings. The van der Waals surface area contributed by atoms with E-state index in [1.54, 1.807) is 18.2 Å². The van der Waals surface area contributed by atoms with Crippen LogP contribution in [0.2, 0.25) is 0 Å². The van der Waals surface area contributed by atoms with Crippen LogP contribution in [0.15, 0.2) is 36.5 Å². The highest BCUT2D eigenvalue weighted by atomic mass is 19.1. The summed E-state index contributed by atoms with van der Waals surface area (Å²) in [6.07, 6.45) is 1.49. The normalized spacial score (nSPS) is 10.1. The van der Waals surface area contributed by atoms with E-state index in [4.69, 9.17) is 5.73 Å². The monoisotopic (exact) mass is 245 g/mol.